The summed E-state index contributed by atoms with van der Waals surface area (Å²) < 4.78 is 0. The van der Waals surface area contributed by atoms with Crippen LogP contribution in [0.4, 0.5) is 5.82 Å². The van der Waals surface area contributed by atoms with Crippen LogP contribution < -0.4 is 4.90 Å². The highest BCUT2D eigenvalue weighted by Gasteiger charge is 2.31. The lowest BCUT2D eigenvalue weighted by Gasteiger charge is -2.36. The molecule has 0 N–H and O–H groups in total. The van der Waals surface area contributed by atoms with Gasteiger partial charge in [-0.2, -0.15) is 5.26 Å². The summed E-state index contributed by atoms with van der Waals surface area (Å²) in [5, 5.41) is 11.6. The van der Waals surface area contributed by atoms with Gasteiger partial charge in [-0.3, -0.25) is 4.79 Å². The maximum atomic E-state index is 13.0. The third-order valence-electron chi connectivity index (χ3n) is 5.70. The van der Waals surface area contributed by atoms with Gasteiger partial charge in [-0.05, 0) is 61.7 Å². The summed E-state index contributed by atoms with van der Waals surface area (Å²) in [6.07, 6.45) is 2.63. The maximum Gasteiger partial charge on any atom is 0.226 e. The Morgan fingerprint density at radius 3 is 2.81 bits per heavy atom. The van der Waals surface area contributed by atoms with Crippen LogP contribution in [0.1, 0.15) is 40.1 Å². The summed E-state index contributed by atoms with van der Waals surface area (Å²) in [5.41, 5.74) is 3.87. The fraction of sp³-hybridized carbons (Fsp3) is 0.476. The van der Waals surface area contributed by atoms with Crippen molar-refractivity contribution >= 4 is 23.1 Å². The number of piperidine rings is 1. The number of nitrogens with zero attached hydrogens (tertiary/aromatic N) is 4. The second-order valence-electron chi connectivity index (χ2n) is 7.53. The molecule has 1 fully saturated rings. The SMILES string of the molecule is Cc1cc(C)c(C#N)c(N2CCC(C(=O)N3CCc4sccc4C3)CC2)n1. The number of thiophene rings is 1. The lowest BCUT2D eigenvalue weighted by molar-refractivity contribution is -0.137. The molecular formula is C21H24N4OS. The Balaban J connectivity index is 1.43. The Morgan fingerprint density at radius 1 is 1.30 bits per heavy atom. The Labute approximate surface area is 164 Å². The molecule has 0 aromatic carbocycles. The van der Waals surface area contributed by atoms with Crippen molar-refractivity contribution < 1.29 is 4.79 Å². The van der Waals surface area contributed by atoms with E-state index in [-0.39, 0.29) is 5.92 Å². The predicted molar refractivity (Wildman–Crippen MR) is 107 cm³/mol. The normalized spacial score (nSPS) is 17.5. The maximum absolute atomic E-state index is 13.0. The molecule has 0 radical (unpaired) electrons. The molecule has 4 rings (SSSR count). The number of anilines is 1. The van der Waals surface area contributed by atoms with E-state index < -0.39 is 0 Å². The zero-order valence-electron chi connectivity index (χ0n) is 15.9. The molecule has 2 aliphatic rings. The number of aryl methyl sites for hydroxylation is 2. The summed E-state index contributed by atoms with van der Waals surface area (Å²) >= 11 is 1.80. The molecule has 140 valence electrons. The van der Waals surface area contributed by atoms with E-state index in [9.17, 15) is 10.1 Å². The quantitative estimate of drug-likeness (QED) is 0.801. The van der Waals surface area contributed by atoms with E-state index in [1.807, 2.05) is 24.8 Å². The van der Waals surface area contributed by atoms with Crippen molar-refractivity contribution in [1.82, 2.24) is 9.88 Å². The highest BCUT2D eigenvalue weighted by Crippen LogP contribution is 2.30. The molecule has 0 atom stereocenters. The summed E-state index contributed by atoms with van der Waals surface area (Å²) in [4.78, 5) is 23.3. The van der Waals surface area contributed by atoms with Crippen molar-refractivity contribution in [2.75, 3.05) is 24.5 Å². The third kappa shape index (κ3) is 3.44. The topological polar surface area (TPSA) is 60.2 Å². The van der Waals surface area contributed by atoms with Crippen LogP contribution in [-0.2, 0) is 17.8 Å². The van der Waals surface area contributed by atoms with Gasteiger partial charge < -0.3 is 9.80 Å². The average Bonchev–Trinajstić information content (AvgIpc) is 3.15. The molecule has 2 aromatic heterocycles. The number of rotatable bonds is 2. The predicted octanol–water partition coefficient (Wildman–Crippen LogP) is 3.43. The number of amides is 1. The molecule has 2 aromatic rings. The van der Waals surface area contributed by atoms with Crippen molar-refractivity contribution in [1.29, 1.82) is 5.26 Å². The Kier molecular flexibility index (Phi) is 4.88. The van der Waals surface area contributed by atoms with E-state index >= 15 is 0 Å². The molecule has 5 nitrogen and oxygen atoms in total. The minimum absolute atomic E-state index is 0.0814. The standard InChI is InChI=1S/C21H24N4OS/c1-14-11-15(2)23-20(18(14)12-22)24-7-3-16(4-8-24)21(26)25-9-5-19-17(13-25)6-10-27-19/h6,10-11,16H,3-5,7-9,13H2,1-2H3. The molecule has 0 aliphatic carbocycles. The summed E-state index contributed by atoms with van der Waals surface area (Å²) in [7, 11) is 0. The van der Waals surface area contributed by atoms with Gasteiger partial charge in [-0.15, -0.1) is 11.3 Å². The smallest absolute Gasteiger partial charge is 0.226 e. The molecule has 0 saturated carbocycles. The van der Waals surface area contributed by atoms with Crippen LogP contribution in [0, 0.1) is 31.1 Å². The van der Waals surface area contributed by atoms with Crippen LogP contribution >= 0.6 is 11.3 Å². The second-order valence-corrected chi connectivity index (χ2v) is 8.53. The van der Waals surface area contributed by atoms with Crippen LogP contribution in [0.2, 0.25) is 0 Å². The number of fused-ring (bicyclic) bond motifs is 1. The van der Waals surface area contributed by atoms with Gasteiger partial charge in [0.1, 0.15) is 11.9 Å². The average molecular weight is 381 g/mol. The Morgan fingerprint density at radius 2 is 2.07 bits per heavy atom. The van der Waals surface area contributed by atoms with E-state index in [2.05, 4.69) is 27.4 Å². The number of hydrogen-bond donors (Lipinski definition) is 0. The van der Waals surface area contributed by atoms with Gasteiger partial charge in [0.15, 0.2) is 0 Å². The summed E-state index contributed by atoms with van der Waals surface area (Å²) in [5.74, 6) is 1.15. The summed E-state index contributed by atoms with van der Waals surface area (Å²) in [6, 6.07) is 6.40. The fourth-order valence-electron chi connectivity index (χ4n) is 4.22. The Hall–Kier alpha value is -2.39. The summed E-state index contributed by atoms with van der Waals surface area (Å²) in [6.45, 7) is 7.07. The molecule has 2 aliphatic heterocycles. The first-order valence-electron chi connectivity index (χ1n) is 9.54. The van der Waals surface area contributed by atoms with E-state index in [0.29, 0.717) is 11.5 Å². The molecule has 27 heavy (non-hydrogen) atoms. The monoisotopic (exact) mass is 380 g/mol. The van der Waals surface area contributed by atoms with Gasteiger partial charge in [-0.1, -0.05) is 0 Å². The fourth-order valence-corrected chi connectivity index (χ4v) is 5.11. The minimum Gasteiger partial charge on any atom is -0.355 e. The minimum atomic E-state index is 0.0814. The van der Waals surface area contributed by atoms with Crippen LogP contribution in [0.3, 0.4) is 0 Å². The molecule has 0 spiro atoms. The van der Waals surface area contributed by atoms with Crippen LogP contribution in [0.5, 0.6) is 0 Å². The van der Waals surface area contributed by atoms with Gasteiger partial charge in [-0.25, -0.2) is 4.98 Å². The second kappa shape index (κ2) is 7.32. The van der Waals surface area contributed by atoms with Crippen LogP contribution in [0.25, 0.3) is 0 Å². The number of hydrogen-bond acceptors (Lipinski definition) is 5. The first kappa shape index (κ1) is 18.0. The number of pyridine rings is 1. The van der Waals surface area contributed by atoms with Gasteiger partial charge in [0.25, 0.3) is 0 Å². The molecule has 0 unspecified atom stereocenters. The van der Waals surface area contributed by atoms with Gasteiger partial charge in [0.05, 0.1) is 5.56 Å². The lowest BCUT2D eigenvalue weighted by Crippen LogP contribution is -2.44. The molecule has 6 heteroatoms. The Bertz CT molecular complexity index is 905. The van der Waals surface area contributed by atoms with Crippen molar-refractivity contribution in [3.05, 3.63) is 44.8 Å². The van der Waals surface area contributed by atoms with Crippen LogP contribution in [0.15, 0.2) is 17.5 Å². The van der Waals surface area contributed by atoms with Crippen molar-refractivity contribution in [3.63, 3.8) is 0 Å². The van der Waals surface area contributed by atoms with Crippen molar-refractivity contribution in [3.8, 4) is 6.07 Å². The largest absolute Gasteiger partial charge is 0.355 e. The highest BCUT2D eigenvalue weighted by atomic mass is 32.1. The zero-order valence-corrected chi connectivity index (χ0v) is 16.7. The molecule has 0 bridgehead atoms. The zero-order chi connectivity index (χ0) is 19.0. The van der Waals surface area contributed by atoms with Crippen LogP contribution in [-0.4, -0.2) is 35.4 Å². The first-order valence-corrected chi connectivity index (χ1v) is 10.4. The van der Waals surface area contributed by atoms with Gasteiger partial charge in [0.2, 0.25) is 5.91 Å². The molecular weight excluding hydrogens is 356 g/mol. The number of aromatic nitrogens is 1. The van der Waals surface area contributed by atoms with E-state index in [0.717, 1.165) is 62.5 Å². The van der Waals surface area contributed by atoms with Crippen molar-refractivity contribution in [2.45, 2.75) is 39.7 Å². The number of carbonyl (C=O) groups is 1. The molecule has 1 saturated heterocycles. The first-order chi connectivity index (χ1) is 13.1. The highest BCUT2D eigenvalue weighted by molar-refractivity contribution is 7.10. The third-order valence-corrected chi connectivity index (χ3v) is 6.72. The molecule has 4 heterocycles. The van der Waals surface area contributed by atoms with E-state index in [1.165, 1.54) is 10.4 Å². The molecule has 1 amide bonds. The van der Waals surface area contributed by atoms with E-state index in [4.69, 9.17) is 0 Å². The number of carbonyl (C=O) groups excluding carboxylic acids is 1. The number of nitriles is 1. The van der Waals surface area contributed by atoms with Crippen molar-refractivity contribution in [2.24, 2.45) is 5.92 Å². The van der Waals surface area contributed by atoms with Gasteiger partial charge in [0, 0.05) is 42.7 Å². The van der Waals surface area contributed by atoms with Gasteiger partial charge >= 0.3 is 0 Å². The lowest BCUT2D eigenvalue weighted by atomic mass is 9.94. The van der Waals surface area contributed by atoms with E-state index in [1.54, 1.807) is 11.3 Å².